The molecule has 5 aromatic carbocycles. The van der Waals surface area contributed by atoms with Crippen LogP contribution in [0.25, 0.3) is 22.2 Å². The Labute approximate surface area is 450 Å². The van der Waals surface area contributed by atoms with Crippen LogP contribution in [0.4, 0.5) is 31.8 Å². The van der Waals surface area contributed by atoms with Gasteiger partial charge in [-0.05, 0) is 72.1 Å². The van der Waals surface area contributed by atoms with E-state index in [-0.39, 0.29) is 34.1 Å². The highest BCUT2D eigenvalue weighted by atomic mass is 32.2. The van der Waals surface area contributed by atoms with Crippen molar-refractivity contribution in [1.29, 1.82) is 0 Å². The van der Waals surface area contributed by atoms with Gasteiger partial charge in [0, 0.05) is 99.4 Å². The quantitative estimate of drug-likeness (QED) is 0.0421. The Hall–Kier alpha value is -8.68. The predicted octanol–water partition coefficient (Wildman–Crippen LogP) is 10.8. The fourth-order valence-corrected chi connectivity index (χ4v) is 11.9. The van der Waals surface area contributed by atoms with Crippen molar-refractivity contribution in [2.24, 2.45) is 0 Å². The Kier molecular flexibility index (Phi) is 14.1. The van der Waals surface area contributed by atoms with Crippen LogP contribution in [0.1, 0.15) is 82.7 Å². The zero-order chi connectivity index (χ0) is 54.1. The third-order valence-corrected chi connectivity index (χ3v) is 16.9. The molecule has 6 heterocycles. The number of piperidine rings is 2. The van der Waals surface area contributed by atoms with Crippen LogP contribution in [-0.2, 0) is 15.7 Å². The van der Waals surface area contributed by atoms with Crippen molar-refractivity contribution in [3.8, 4) is 11.1 Å². The lowest BCUT2D eigenvalue weighted by Crippen LogP contribution is -2.37. The number of nitrogens with zero attached hydrogens (tertiary/aromatic N) is 10. The molecule has 2 aliphatic heterocycles. The van der Waals surface area contributed by atoms with Gasteiger partial charge in [-0.1, -0.05) is 110 Å². The van der Waals surface area contributed by atoms with Gasteiger partial charge in [0.05, 0.1) is 39.7 Å². The van der Waals surface area contributed by atoms with Crippen LogP contribution in [0.15, 0.2) is 171 Å². The Morgan fingerprint density at radius 1 is 0.744 bits per heavy atom. The monoisotopic (exact) mass is 1070 g/mol. The average Bonchev–Trinajstić information content (AvgIpc) is 4.33. The van der Waals surface area contributed by atoms with E-state index in [4.69, 9.17) is 20.1 Å². The van der Waals surface area contributed by atoms with Gasteiger partial charge in [0.2, 0.25) is 11.7 Å². The molecule has 0 atom stereocenters. The van der Waals surface area contributed by atoms with Crippen molar-refractivity contribution in [3.05, 3.63) is 226 Å². The topological polar surface area (TPSA) is 178 Å². The molecule has 0 spiro atoms. The van der Waals surface area contributed by atoms with Crippen LogP contribution in [-0.4, -0.2) is 92.5 Å². The fraction of sp³-hybridized carbons (Fsp3) is 0.237. The molecule has 78 heavy (non-hydrogen) atoms. The number of non-ortho nitro benzene ring substituents is 1. The highest BCUT2D eigenvalue weighted by Gasteiger charge is 2.41. The lowest BCUT2D eigenvalue weighted by Gasteiger charge is -2.38. The van der Waals surface area contributed by atoms with E-state index in [2.05, 4.69) is 25.4 Å². The average molecular weight is 1070 g/mol. The number of hydrogen-bond acceptors (Lipinski definition) is 11. The summed E-state index contributed by atoms with van der Waals surface area (Å²) in [5.41, 5.74) is 3.42. The minimum absolute atomic E-state index is 0.0740. The SMILES string of the molecule is CCN(C)S(=O)(=O)Nc1ccc(F)c(C(=O)c2cn(C(c3ccccc3)(c3ccccc3)c3ccccc3)c3ncc(-c4cnc(N5CCC(n6cc(N7CCC(c8ccc([N+](=O)[O-])cc8)CC7)cn6)CC5)nc4)cc23)c1F. The Morgan fingerprint density at radius 2 is 1.32 bits per heavy atom. The molecular weight excluding hydrogens is 1010 g/mol. The van der Waals surface area contributed by atoms with Gasteiger partial charge in [-0.2, -0.15) is 17.8 Å². The first-order valence-corrected chi connectivity index (χ1v) is 27.3. The molecule has 0 amide bonds. The molecule has 9 aromatic rings. The largest absolute Gasteiger partial charge is 0.369 e. The number of carbonyl (C=O) groups is 1. The molecule has 16 nitrogen and oxygen atoms in total. The molecular formula is C59H55F2N11O5S. The summed E-state index contributed by atoms with van der Waals surface area (Å²) in [4.78, 5) is 45.1. The van der Waals surface area contributed by atoms with Crippen LogP contribution < -0.4 is 14.5 Å². The van der Waals surface area contributed by atoms with Crippen molar-refractivity contribution in [3.63, 3.8) is 0 Å². The van der Waals surface area contributed by atoms with Crippen LogP contribution >= 0.6 is 0 Å². The molecule has 0 radical (unpaired) electrons. The van der Waals surface area contributed by atoms with Crippen molar-refractivity contribution >= 4 is 50.0 Å². The van der Waals surface area contributed by atoms with Crippen LogP contribution in [0.2, 0.25) is 0 Å². The molecule has 0 saturated carbocycles. The third kappa shape index (κ3) is 9.63. The van der Waals surface area contributed by atoms with E-state index >= 15 is 13.6 Å². The van der Waals surface area contributed by atoms with E-state index in [1.807, 2.05) is 114 Å². The highest BCUT2D eigenvalue weighted by molar-refractivity contribution is 7.90. The summed E-state index contributed by atoms with van der Waals surface area (Å²) in [6.45, 7) is 4.81. The minimum Gasteiger partial charge on any atom is -0.369 e. The molecule has 4 aromatic heterocycles. The second kappa shape index (κ2) is 21.4. The number of halogens is 2. The summed E-state index contributed by atoms with van der Waals surface area (Å²) >= 11 is 0. The molecule has 0 bridgehead atoms. The van der Waals surface area contributed by atoms with E-state index in [0.29, 0.717) is 41.7 Å². The molecule has 396 valence electrons. The van der Waals surface area contributed by atoms with E-state index in [1.165, 1.54) is 7.05 Å². The molecule has 0 aliphatic carbocycles. The maximum absolute atomic E-state index is 16.7. The Bertz CT molecular complexity index is 3640. The molecule has 11 rings (SSSR count). The van der Waals surface area contributed by atoms with Gasteiger partial charge >= 0.3 is 10.2 Å². The first-order valence-electron chi connectivity index (χ1n) is 25.9. The number of carbonyl (C=O) groups excluding carboxylic acids is 1. The van der Waals surface area contributed by atoms with E-state index in [0.717, 1.165) is 83.2 Å². The van der Waals surface area contributed by atoms with Crippen LogP contribution in [0.5, 0.6) is 0 Å². The summed E-state index contributed by atoms with van der Waals surface area (Å²) in [7, 11) is -2.94. The number of nitro groups is 1. The maximum Gasteiger partial charge on any atom is 0.301 e. The third-order valence-electron chi connectivity index (χ3n) is 15.4. The molecule has 2 aliphatic rings. The second-order valence-electron chi connectivity index (χ2n) is 19.7. The van der Waals surface area contributed by atoms with Gasteiger partial charge in [0.25, 0.3) is 5.69 Å². The van der Waals surface area contributed by atoms with Gasteiger partial charge in [-0.25, -0.2) is 23.7 Å². The standard InChI is InChI=1S/C59H55F2N11O5S/c1-3-67(2)78(76,77)66-53-24-23-52(60)54(55(53)61)56(73)51-39-70(59(44-13-7-4-8-14-44,45-15-9-5-10-16-45)46-17-11-6-12-18-46)57-50(51)33-42(34-62-57)43-35-63-58(64-36-43)69-31-27-47(28-32-69)71-38-49(37-65-71)68-29-25-41(26-30-68)40-19-21-48(22-20-40)72(74)75/h4-24,33-39,41,47,66H,3,25-32H2,1-2H3. The number of nitro benzene ring substituents is 1. The number of anilines is 3. The maximum atomic E-state index is 16.7. The summed E-state index contributed by atoms with van der Waals surface area (Å²) in [5, 5.41) is 16.2. The van der Waals surface area contributed by atoms with Crippen LogP contribution in [0, 0.1) is 21.7 Å². The summed E-state index contributed by atoms with van der Waals surface area (Å²) in [6.07, 6.45) is 14.3. The van der Waals surface area contributed by atoms with Crippen LogP contribution in [0.3, 0.4) is 0 Å². The van der Waals surface area contributed by atoms with Crippen molar-refractivity contribution in [2.45, 2.75) is 50.1 Å². The smallest absolute Gasteiger partial charge is 0.301 e. The minimum atomic E-state index is -4.26. The number of hydrogen-bond donors (Lipinski definition) is 1. The first kappa shape index (κ1) is 51.4. The highest BCUT2D eigenvalue weighted by Crippen LogP contribution is 2.45. The van der Waals surface area contributed by atoms with E-state index in [9.17, 15) is 18.5 Å². The molecule has 2 saturated heterocycles. The lowest BCUT2D eigenvalue weighted by atomic mass is 9.76. The number of rotatable bonds is 16. The first-order chi connectivity index (χ1) is 37.8. The summed E-state index contributed by atoms with van der Waals surface area (Å²) in [5.74, 6) is -2.66. The number of nitrogens with one attached hydrogen (secondary N) is 1. The Morgan fingerprint density at radius 3 is 1.90 bits per heavy atom. The lowest BCUT2D eigenvalue weighted by molar-refractivity contribution is -0.384. The normalized spacial score (nSPS) is 14.8. The van der Waals surface area contributed by atoms with Crippen molar-refractivity contribution in [2.75, 3.05) is 54.3 Å². The number of aromatic nitrogens is 6. The summed E-state index contributed by atoms with van der Waals surface area (Å²) in [6, 6.07) is 39.9. The van der Waals surface area contributed by atoms with Gasteiger partial charge in [-0.3, -0.25) is 24.3 Å². The zero-order valence-electron chi connectivity index (χ0n) is 42.9. The predicted molar refractivity (Wildman–Crippen MR) is 296 cm³/mol. The fourth-order valence-electron chi connectivity index (χ4n) is 11.0. The summed E-state index contributed by atoms with van der Waals surface area (Å²) < 4.78 is 66.1. The number of pyridine rings is 1. The molecule has 0 unspecified atom stereocenters. The van der Waals surface area contributed by atoms with Gasteiger partial charge < -0.3 is 14.4 Å². The second-order valence-corrected chi connectivity index (χ2v) is 21.5. The zero-order valence-corrected chi connectivity index (χ0v) is 43.7. The molecule has 19 heteroatoms. The van der Waals surface area contributed by atoms with E-state index < -0.39 is 44.4 Å². The molecule has 2 fully saturated rings. The van der Waals surface area contributed by atoms with Gasteiger partial charge in [0.1, 0.15) is 17.0 Å². The molecule has 1 N–H and O–H groups in total. The van der Waals surface area contributed by atoms with Crippen molar-refractivity contribution < 1.29 is 26.9 Å². The van der Waals surface area contributed by atoms with E-state index in [1.54, 1.807) is 49.9 Å². The van der Waals surface area contributed by atoms with Crippen molar-refractivity contribution in [1.82, 2.24) is 33.6 Å². The Balaban J connectivity index is 0.894. The van der Waals surface area contributed by atoms with Gasteiger partial charge in [-0.15, -0.1) is 0 Å². The number of benzene rings is 5. The number of ketones is 1. The van der Waals surface area contributed by atoms with Gasteiger partial charge in [0.15, 0.2) is 5.82 Å². The number of fused-ring (bicyclic) bond motifs is 1.